The standard InChI is InChI=1S/C75H150O20/c1-9-17-25-33-41-80-50-64(51-81-42-34-26-18-10-2)88-58-68(59-89-65(52-82-43-35-27-19-11-3)53-83-44-36-28-20-12-4)92-62-70(94-75-74(79)73(78)72(77)71(49-76)95-75)63-93-69(60-90-66(54-84-45-37-29-21-13-5)55-85-46-38-30-22-14-6)61-91-67(56-86-47-39-31-23-15-7)57-87-48-40-32-24-16-8/h64-79H,9-63H2,1-8H3/t71-,72+,73+,74-,75-/m1/s1. The minimum atomic E-state index is -1.69. The Hall–Kier alpha value is -0.800. The second-order valence-electron chi connectivity index (χ2n) is 26.3. The van der Waals surface area contributed by atoms with E-state index in [0.717, 1.165) is 205 Å². The third-order valence-electron chi connectivity index (χ3n) is 16.8. The van der Waals surface area contributed by atoms with Crippen LogP contribution in [-0.2, 0) is 75.8 Å². The van der Waals surface area contributed by atoms with Gasteiger partial charge in [0, 0.05) is 52.9 Å². The van der Waals surface area contributed by atoms with E-state index in [2.05, 4.69) is 55.4 Å². The molecule has 1 saturated heterocycles. The van der Waals surface area contributed by atoms with Crippen LogP contribution < -0.4 is 0 Å². The lowest BCUT2D eigenvalue weighted by molar-refractivity contribution is -0.318. The molecule has 570 valence electrons. The van der Waals surface area contributed by atoms with Crippen LogP contribution in [0.5, 0.6) is 0 Å². The summed E-state index contributed by atoms with van der Waals surface area (Å²) in [6.07, 6.45) is 23.1. The van der Waals surface area contributed by atoms with Crippen LogP contribution in [0.3, 0.4) is 0 Å². The van der Waals surface area contributed by atoms with Crippen molar-refractivity contribution in [3.05, 3.63) is 0 Å². The molecule has 0 bridgehead atoms. The smallest absolute Gasteiger partial charge is 0.187 e. The minimum absolute atomic E-state index is 0.0922. The van der Waals surface area contributed by atoms with Crippen molar-refractivity contribution < 1.29 is 96.2 Å². The van der Waals surface area contributed by atoms with E-state index in [1.165, 1.54) is 0 Å². The van der Waals surface area contributed by atoms with Crippen molar-refractivity contribution in [3.8, 4) is 0 Å². The molecule has 0 radical (unpaired) electrons. The van der Waals surface area contributed by atoms with Crippen molar-refractivity contribution in [1.29, 1.82) is 0 Å². The van der Waals surface area contributed by atoms with E-state index in [0.29, 0.717) is 106 Å². The molecule has 1 fully saturated rings. The zero-order valence-electron chi connectivity index (χ0n) is 62.1. The molecule has 0 saturated carbocycles. The van der Waals surface area contributed by atoms with Crippen LogP contribution in [0, 0.1) is 0 Å². The number of hydrogen-bond donors (Lipinski definition) is 4. The zero-order chi connectivity index (χ0) is 69.1. The predicted molar refractivity (Wildman–Crippen MR) is 377 cm³/mol. The Balaban J connectivity index is 3.86. The summed E-state index contributed by atoms with van der Waals surface area (Å²) in [6.45, 7) is 24.7. The fourth-order valence-electron chi connectivity index (χ4n) is 10.6. The van der Waals surface area contributed by atoms with E-state index in [-0.39, 0.29) is 39.6 Å². The molecule has 5 atom stereocenters. The van der Waals surface area contributed by atoms with E-state index < -0.39 is 80.0 Å². The van der Waals surface area contributed by atoms with Crippen molar-refractivity contribution in [2.45, 2.75) is 334 Å². The van der Waals surface area contributed by atoms with Crippen LogP contribution in [0.4, 0.5) is 0 Å². The molecule has 1 aliphatic rings. The van der Waals surface area contributed by atoms with Crippen LogP contribution in [0.15, 0.2) is 0 Å². The fourth-order valence-corrected chi connectivity index (χ4v) is 10.6. The highest BCUT2D eigenvalue weighted by molar-refractivity contribution is 4.89. The number of aliphatic hydroxyl groups is 4. The summed E-state index contributed by atoms with van der Waals surface area (Å²) in [7, 11) is 0. The molecular weight excluding hydrogens is 1220 g/mol. The summed E-state index contributed by atoms with van der Waals surface area (Å²) < 4.78 is 103. The number of ether oxygens (including phenoxy) is 16. The van der Waals surface area contributed by atoms with Gasteiger partial charge >= 0.3 is 0 Å². The maximum absolute atomic E-state index is 11.5. The molecular formula is C75H150O20. The van der Waals surface area contributed by atoms with Gasteiger partial charge in [-0.2, -0.15) is 0 Å². The average Bonchev–Trinajstić information content (AvgIpc) is 1.05. The second-order valence-corrected chi connectivity index (χ2v) is 26.3. The largest absolute Gasteiger partial charge is 0.394 e. The quantitative estimate of drug-likeness (QED) is 0.0415. The Morgan fingerprint density at radius 3 is 0.642 bits per heavy atom. The van der Waals surface area contributed by atoms with Crippen LogP contribution >= 0.6 is 0 Å². The summed E-state index contributed by atoms with van der Waals surface area (Å²) in [6, 6.07) is 0. The van der Waals surface area contributed by atoms with Gasteiger partial charge in [-0.1, -0.05) is 209 Å². The normalized spacial score (nSPS) is 17.1. The molecule has 1 rings (SSSR count). The van der Waals surface area contributed by atoms with Gasteiger partial charge in [0.15, 0.2) is 6.29 Å². The van der Waals surface area contributed by atoms with Gasteiger partial charge in [-0.25, -0.2) is 0 Å². The van der Waals surface area contributed by atoms with Crippen molar-refractivity contribution in [2.24, 2.45) is 0 Å². The molecule has 0 spiro atoms. The van der Waals surface area contributed by atoms with Gasteiger partial charge < -0.3 is 96.2 Å². The van der Waals surface area contributed by atoms with Crippen LogP contribution in [0.2, 0.25) is 0 Å². The van der Waals surface area contributed by atoms with Crippen molar-refractivity contribution >= 4 is 0 Å². The number of rotatable bonds is 77. The second kappa shape index (κ2) is 70.2. The predicted octanol–water partition coefficient (Wildman–Crippen LogP) is 13.3. The molecule has 0 aliphatic carbocycles. The van der Waals surface area contributed by atoms with E-state index in [9.17, 15) is 20.4 Å². The minimum Gasteiger partial charge on any atom is -0.394 e. The molecule has 0 aromatic rings. The molecule has 95 heavy (non-hydrogen) atoms. The average molecular weight is 1370 g/mol. The van der Waals surface area contributed by atoms with Crippen molar-refractivity contribution in [3.63, 3.8) is 0 Å². The van der Waals surface area contributed by atoms with E-state index in [1.54, 1.807) is 0 Å². The highest BCUT2D eigenvalue weighted by Crippen LogP contribution is 2.24. The van der Waals surface area contributed by atoms with Crippen molar-refractivity contribution in [2.75, 3.05) is 152 Å². The molecule has 20 nitrogen and oxygen atoms in total. The Morgan fingerprint density at radius 2 is 0.442 bits per heavy atom. The SMILES string of the molecule is CCCCCCOCC(COCCCCCC)OCC(COC(COCCCCCC)COCCCCCC)OCC(COC(COC(COCCCCCC)COCCCCCC)COC(COCCCCCC)COCCCCCC)O[C@@H]1O[C@H](CO)[C@H](O)[C@H](O)[C@H]1O. The summed E-state index contributed by atoms with van der Waals surface area (Å²) in [5.41, 5.74) is 0. The summed E-state index contributed by atoms with van der Waals surface area (Å²) in [5, 5.41) is 43.7. The molecule has 20 heteroatoms. The van der Waals surface area contributed by atoms with E-state index in [1.807, 2.05) is 0 Å². The Morgan fingerprint density at radius 1 is 0.242 bits per heavy atom. The van der Waals surface area contributed by atoms with Crippen molar-refractivity contribution in [1.82, 2.24) is 0 Å². The monoisotopic (exact) mass is 1370 g/mol. The molecule has 1 aliphatic heterocycles. The lowest BCUT2D eigenvalue weighted by Crippen LogP contribution is -2.60. The fraction of sp³-hybridized carbons (Fsp3) is 1.00. The highest BCUT2D eigenvalue weighted by atomic mass is 16.7. The summed E-state index contributed by atoms with van der Waals surface area (Å²) in [5.74, 6) is 0. The molecule has 0 unspecified atom stereocenters. The molecule has 0 amide bonds. The summed E-state index contributed by atoms with van der Waals surface area (Å²) in [4.78, 5) is 0. The number of unbranched alkanes of at least 4 members (excludes halogenated alkanes) is 24. The van der Waals surface area contributed by atoms with Gasteiger partial charge in [0.2, 0.25) is 0 Å². The third kappa shape index (κ3) is 54.6. The molecule has 0 aromatic heterocycles. The molecule has 4 N–H and O–H groups in total. The summed E-state index contributed by atoms with van der Waals surface area (Å²) >= 11 is 0. The third-order valence-corrected chi connectivity index (χ3v) is 16.8. The molecule has 0 aromatic carbocycles. The van der Waals surface area contributed by atoms with Gasteiger partial charge in [-0.05, 0) is 51.4 Å². The van der Waals surface area contributed by atoms with Gasteiger partial charge in [0.25, 0.3) is 0 Å². The van der Waals surface area contributed by atoms with Gasteiger partial charge in [-0.15, -0.1) is 0 Å². The van der Waals surface area contributed by atoms with Gasteiger partial charge in [0.05, 0.1) is 99.1 Å². The van der Waals surface area contributed by atoms with Crippen LogP contribution in [0.1, 0.15) is 261 Å². The Kier molecular flexibility index (Phi) is 68.2. The number of hydrogen-bond acceptors (Lipinski definition) is 20. The lowest BCUT2D eigenvalue weighted by Gasteiger charge is -2.41. The van der Waals surface area contributed by atoms with Crippen LogP contribution in [0.25, 0.3) is 0 Å². The van der Waals surface area contributed by atoms with E-state index in [4.69, 9.17) is 75.8 Å². The first-order chi connectivity index (χ1) is 46.6. The topological polar surface area (TPSA) is 229 Å². The first kappa shape index (κ1) is 92.2. The first-order valence-corrected chi connectivity index (χ1v) is 38.9. The maximum Gasteiger partial charge on any atom is 0.187 e. The molecule has 1 heterocycles. The maximum atomic E-state index is 11.5. The zero-order valence-corrected chi connectivity index (χ0v) is 62.1. The first-order valence-electron chi connectivity index (χ1n) is 38.9. The van der Waals surface area contributed by atoms with Gasteiger partial charge in [0.1, 0.15) is 67.1 Å². The Bertz CT molecular complexity index is 1280. The van der Waals surface area contributed by atoms with Gasteiger partial charge in [-0.3, -0.25) is 0 Å². The highest BCUT2D eigenvalue weighted by Gasteiger charge is 2.45. The van der Waals surface area contributed by atoms with E-state index >= 15 is 0 Å². The van der Waals surface area contributed by atoms with Crippen LogP contribution in [-0.4, -0.2) is 246 Å². The number of aliphatic hydroxyl groups excluding tert-OH is 4. The lowest BCUT2D eigenvalue weighted by atomic mass is 9.99. The Labute approximate surface area is 580 Å².